The molecular weight excluding hydrogens is 593 g/mol. The lowest BCUT2D eigenvalue weighted by Crippen LogP contribution is -2.52. The van der Waals surface area contributed by atoms with Crippen LogP contribution >= 0.6 is 23.2 Å². The third-order valence-corrected chi connectivity index (χ3v) is 9.77. The molecule has 0 aliphatic carbocycles. The van der Waals surface area contributed by atoms with Crippen molar-refractivity contribution in [2.75, 3.05) is 10.8 Å². The molecule has 0 aliphatic rings. The topological polar surface area (TPSA) is 86.8 Å². The van der Waals surface area contributed by atoms with Crippen LogP contribution in [-0.2, 0) is 26.2 Å². The first-order valence-electron chi connectivity index (χ1n) is 14.0. The summed E-state index contributed by atoms with van der Waals surface area (Å²) < 4.78 is 29.1. The van der Waals surface area contributed by atoms with Crippen LogP contribution in [0.4, 0.5) is 5.69 Å². The van der Waals surface area contributed by atoms with Gasteiger partial charge >= 0.3 is 0 Å². The van der Waals surface area contributed by atoms with Gasteiger partial charge in [-0.05, 0) is 80.6 Å². The van der Waals surface area contributed by atoms with Crippen molar-refractivity contribution in [3.8, 4) is 0 Å². The zero-order valence-electron chi connectivity index (χ0n) is 24.9. The standard InChI is InChI=1S/C32H39Cl2N3O4S/c1-7-23(5)35-32(39)24(6)36(19-25-10-17-29(33)30(34)18-25)31(38)20-37(27-13-11-26(12-14-27)21(2)3)42(40,41)28-15-8-22(4)9-16-28/h8-18,21,23-24H,7,19-20H2,1-6H3,(H,35,39)/t23-,24+/m1/s1. The maximum Gasteiger partial charge on any atom is 0.264 e. The Morgan fingerprint density at radius 3 is 2.05 bits per heavy atom. The van der Waals surface area contributed by atoms with Crippen LogP contribution in [0.25, 0.3) is 0 Å². The Bertz CT molecular complexity index is 1490. The average molecular weight is 633 g/mol. The number of rotatable bonds is 12. The van der Waals surface area contributed by atoms with Gasteiger partial charge < -0.3 is 10.2 Å². The molecule has 0 spiro atoms. The van der Waals surface area contributed by atoms with Crippen molar-refractivity contribution in [1.29, 1.82) is 0 Å². The monoisotopic (exact) mass is 631 g/mol. The highest BCUT2D eigenvalue weighted by molar-refractivity contribution is 7.92. The lowest BCUT2D eigenvalue weighted by atomic mass is 10.0. The molecule has 3 rings (SSSR count). The minimum absolute atomic E-state index is 0.0233. The Balaban J connectivity index is 2.05. The fourth-order valence-electron chi connectivity index (χ4n) is 4.27. The molecule has 10 heteroatoms. The van der Waals surface area contributed by atoms with Crippen LogP contribution in [0.3, 0.4) is 0 Å². The van der Waals surface area contributed by atoms with Gasteiger partial charge in [-0.3, -0.25) is 13.9 Å². The van der Waals surface area contributed by atoms with Crippen molar-refractivity contribution in [2.24, 2.45) is 0 Å². The minimum atomic E-state index is -4.14. The fraction of sp³-hybridized carbons (Fsp3) is 0.375. The van der Waals surface area contributed by atoms with E-state index in [1.165, 1.54) is 17.0 Å². The van der Waals surface area contributed by atoms with Crippen molar-refractivity contribution in [2.45, 2.75) is 77.4 Å². The van der Waals surface area contributed by atoms with E-state index in [0.29, 0.717) is 27.7 Å². The van der Waals surface area contributed by atoms with Gasteiger partial charge in [0.25, 0.3) is 10.0 Å². The van der Waals surface area contributed by atoms with E-state index in [4.69, 9.17) is 23.2 Å². The number of nitrogens with one attached hydrogen (secondary N) is 1. The van der Waals surface area contributed by atoms with E-state index in [-0.39, 0.29) is 29.3 Å². The molecule has 0 saturated heterocycles. The van der Waals surface area contributed by atoms with E-state index in [1.54, 1.807) is 49.4 Å². The molecule has 0 aromatic heterocycles. The smallest absolute Gasteiger partial charge is 0.264 e. The van der Waals surface area contributed by atoms with Crippen LogP contribution in [0.5, 0.6) is 0 Å². The number of halogens is 2. The predicted molar refractivity (Wildman–Crippen MR) is 171 cm³/mol. The average Bonchev–Trinajstić information content (AvgIpc) is 2.96. The first-order chi connectivity index (χ1) is 19.7. The van der Waals surface area contributed by atoms with Gasteiger partial charge in [0.2, 0.25) is 11.8 Å². The lowest BCUT2D eigenvalue weighted by Gasteiger charge is -2.32. The zero-order chi connectivity index (χ0) is 31.2. The number of nitrogens with zero attached hydrogens (tertiary/aromatic N) is 2. The van der Waals surface area contributed by atoms with E-state index >= 15 is 0 Å². The Kier molecular flexibility index (Phi) is 11.5. The summed E-state index contributed by atoms with van der Waals surface area (Å²) in [5, 5.41) is 3.60. The number of hydrogen-bond donors (Lipinski definition) is 1. The maximum atomic E-state index is 14.1. The van der Waals surface area contributed by atoms with Crippen molar-refractivity contribution >= 4 is 50.7 Å². The fourth-order valence-corrected chi connectivity index (χ4v) is 6.01. The lowest BCUT2D eigenvalue weighted by molar-refractivity contribution is -0.139. The first-order valence-corrected chi connectivity index (χ1v) is 16.2. The summed E-state index contributed by atoms with van der Waals surface area (Å²) in [6, 6.07) is 17.6. The van der Waals surface area contributed by atoms with Crippen LogP contribution in [0.15, 0.2) is 71.6 Å². The third-order valence-electron chi connectivity index (χ3n) is 7.24. The molecule has 0 aliphatic heterocycles. The Morgan fingerprint density at radius 1 is 0.881 bits per heavy atom. The van der Waals surface area contributed by atoms with Crippen molar-refractivity contribution in [1.82, 2.24) is 10.2 Å². The molecule has 0 unspecified atom stereocenters. The number of aryl methyl sites for hydroxylation is 1. The van der Waals surface area contributed by atoms with Crippen LogP contribution in [0, 0.1) is 6.92 Å². The predicted octanol–water partition coefficient (Wildman–Crippen LogP) is 6.95. The van der Waals surface area contributed by atoms with Gasteiger partial charge in [0, 0.05) is 12.6 Å². The summed E-state index contributed by atoms with van der Waals surface area (Å²) in [7, 11) is -4.14. The Morgan fingerprint density at radius 2 is 1.50 bits per heavy atom. The highest BCUT2D eigenvalue weighted by Crippen LogP contribution is 2.28. The van der Waals surface area contributed by atoms with Crippen LogP contribution in [-0.4, -0.2) is 43.8 Å². The summed E-state index contributed by atoms with van der Waals surface area (Å²) in [4.78, 5) is 28.7. The molecule has 0 bridgehead atoms. The summed E-state index contributed by atoms with van der Waals surface area (Å²) >= 11 is 12.3. The molecule has 0 fully saturated rings. The van der Waals surface area contributed by atoms with Gasteiger partial charge in [0.15, 0.2) is 0 Å². The summed E-state index contributed by atoms with van der Waals surface area (Å²) in [6.45, 7) is 10.9. The van der Waals surface area contributed by atoms with Crippen molar-refractivity contribution in [3.05, 3.63) is 93.5 Å². The quantitative estimate of drug-likeness (QED) is 0.234. The van der Waals surface area contributed by atoms with Crippen molar-refractivity contribution < 1.29 is 18.0 Å². The second-order valence-corrected chi connectivity index (χ2v) is 13.5. The third kappa shape index (κ3) is 8.27. The van der Waals surface area contributed by atoms with Gasteiger partial charge in [-0.15, -0.1) is 0 Å². The Hall–Kier alpha value is -3.07. The van der Waals surface area contributed by atoms with Gasteiger partial charge in [-0.2, -0.15) is 0 Å². The van der Waals surface area contributed by atoms with Gasteiger partial charge in [-0.1, -0.05) is 79.9 Å². The molecule has 42 heavy (non-hydrogen) atoms. The maximum absolute atomic E-state index is 14.1. The molecule has 0 saturated carbocycles. The van der Waals surface area contributed by atoms with Gasteiger partial charge in [0.1, 0.15) is 12.6 Å². The van der Waals surface area contributed by atoms with Gasteiger partial charge in [-0.25, -0.2) is 8.42 Å². The highest BCUT2D eigenvalue weighted by atomic mass is 35.5. The number of anilines is 1. The van der Waals surface area contributed by atoms with E-state index in [9.17, 15) is 18.0 Å². The molecule has 0 heterocycles. The molecule has 2 amide bonds. The SMILES string of the molecule is CC[C@@H](C)NC(=O)[C@H](C)N(Cc1ccc(Cl)c(Cl)c1)C(=O)CN(c1ccc(C(C)C)cc1)S(=O)(=O)c1ccc(C)cc1. The minimum Gasteiger partial charge on any atom is -0.352 e. The number of amides is 2. The molecule has 7 nitrogen and oxygen atoms in total. The number of sulfonamides is 1. The van der Waals surface area contributed by atoms with E-state index in [1.807, 2.05) is 46.8 Å². The molecule has 226 valence electrons. The molecule has 1 N–H and O–H groups in total. The van der Waals surface area contributed by atoms with E-state index < -0.39 is 28.5 Å². The molecule has 3 aromatic rings. The van der Waals surface area contributed by atoms with Gasteiger partial charge in [0.05, 0.1) is 20.6 Å². The van der Waals surface area contributed by atoms with E-state index in [0.717, 1.165) is 15.4 Å². The number of carbonyl (C=O) groups is 2. The normalized spacial score (nSPS) is 13.0. The van der Waals surface area contributed by atoms with E-state index in [2.05, 4.69) is 5.32 Å². The number of carbonyl (C=O) groups excluding carboxylic acids is 2. The molecule has 0 radical (unpaired) electrons. The molecule has 2 atom stereocenters. The molecular formula is C32H39Cl2N3O4S. The highest BCUT2D eigenvalue weighted by Gasteiger charge is 2.33. The first kappa shape index (κ1) is 33.4. The zero-order valence-corrected chi connectivity index (χ0v) is 27.2. The largest absolute Gasteiger partial charge is 0.352 e. The summed E-state index contributed by atoms with van der Waals surface area (Å²) in [5.41, 5.74) is 2.94. The summed E-state index contributed by atoms with van der Waals surface area (Å²) in [5.74, 6) is -0.641. The number of benzene rings is 3. The van der Waals surface area contributed by atoms with Crippen LogP contribution in [0.2, 0.25) is 10.0 Å². The second-order valence-electron chi connectivity index (χ2n) is 10.8. The Labute approximate surface area is 259 Å². The second kappa shape index (κ2) is 14.4. The van der Waals surface area contributed by atoms with Crippen LogP contribution < -0.4 is 9.62 Å². The molecule has 3 aromatic carbocycles. The summed E-state index contributed by atoms with van der Waals surface area (Å²) in [6.07, 6.45) is 0.716. The van der Waals surface area contributed by atoms with Crippen LogP contribution in [0.1, 0.15) is 63.6 Å². The number of hydrogen-bond acceptors (Lipinski definition) is 4. The van der Waals surface area contributed by atoms with Crippen molar-refractivity contribution in [3.63, 3.8) is 0 Å².